The number of hydrazone groups is 1. The fourth-order valence-electron chi connectivity index (χ4n) is 3.04. The number of carbonyl (C=O) groups is 1. The standard InChI is InChI=1S/C25H24Br2N2O6S/c1-4-33-22-11-8-17(13-23(22)34-5-2)25(30)29-28-15-18-12-19(26)14-21(27)24(18)35-36(31,32)20-9-6-16(3)7-10-20/h6-15H,4-5H2,1-3H3,(H,29,30)/b28-15+. The summed E-state index contributed by atoms with van der Waals surface area (Å²) in [6.45, 7) is 6.42. The summed E-state index contributed by atoms with van der Waals surface area (Å²) < 4.78 is 43.2. The van der Waals surface area contributed by atoms with E-state index in [1.165, 1.54) is 18.3 Å². The van der Waals surface area contributed by atoms with Crippen molar-refractivity contribution in [1.29, 1.82) is 0 Å². The second-order valence-corrected chi connectivity index (χ2v) is 10.7. The van der Waals surface area contributed by atoms with Crippen molar-refractivity contribution >= 4 is 54.1 Å². The number of hydrogen-bond donors (Lipinski definition) is 1. The summed E-state index contributed by atoms with van der Waals surface area (Å²) in [5, 5.41) is 4.00. The Kier molecular flexibility index (Phi) is 9.52. The average Bonchev–Trinajstić information content (AvgIpc) is 2.83. The van der Waals surface area contributed by atoms with Gasteiger partial charge in [0, 0.05) is 15.6 Å². The monoisotopic (exact) mass is 638 g/mol. The zero-order chi connectivity index (χ0) is 26.3. The second kappa shape index (κ2) is 12.4. The van der Waals surface area contributed by atoms with Crippen molar-refractivity contribution in [3.8, 4) is 17.2 Å². The SMILES string of the molecule is CCOc1ccc(C(=O)N/N=C/c2cc(Br)cc(Br)c2OS(=O)(=O)c2ccc(C)cc2)cc1OCC. The van der Waals surface area contributed by atoms with Crippen LogP contribution in [0.25, 0.3) is 0 Å². The van der Waals surface area contributed by atoms with Gasteiger partial charge in [-0.3, -0.25) is 4.79 Å². The van der Waals surface area contributed by atoms with Crippen LogP contribution in [-0.2, 0) is 10.1 Å². The van der Waals surface area contributed by atoms with Crippen LogP contribution in [0, 0.1) is 6.92 Å². The van der Waals surface area contributed by atoms with Crippen molar-refractivity contribution in [2.45, 2.75) is 25.7 Å². The molecular weight excluding hydrogens is 616 g/mol. The van der Waals surface area contributed by atoms with Gasteiger partial charge in [-0.25, -0.2) is 5.43 Å². The Morgan fingerprint density at radius 1 is 0.972 bits per heavy atom. The maximum atomic E-state index is 12.8. The Morgan fingerprint density at radius 3 is 2.31 bits per heavy atom. The van der Waals surface area contributed by atoms with E-state index < -0.39 is 16.0 Å². The highest BCUT2D eigenvalue weighted by Crippen LogP contribution is 2.34. The predicted molar refractivity (Wildman–Crippen MR) is 145 cm³/mol. The number of hydrogen-bond acceptors (Lipinski definition) is 7. The molecule has 8 nitrogen and oxygen atoms in total. The molecule has 3 aromatic carbocycles. The molecule has 0 fully saturated rings. The first-order chi connectivity index (χ1) is 17.1. The molecule has 36 heavy (non-hydrogen) atoms. The molecule has 3 rings (SSSR count). The van der Waals surface area contributed by atoms with E-state index in [1.807, 2.05) is 20.8 Å². The molecule has 0 bridgehead atoms. The predicted octanol–water partition coefficient (Wildman–Crippen LogP) is 5.85. The minimum Gasteiger partial charge on any atom is -0.490 e. The summed E-state index contributed by atoms with van der Waals surface area (Å²) in [5.74, 6) is 0.523. The van der Waals surface area contributed by atoms with Crippen molar-refractivity contribution in [2.75, 3.05) is 13.2 Å². The summed E-state index contributed by atoms with van der Waals surface area (Å²) in [5.41, 5.74) is 3.98. The number of carbonyl (C=O) groups excluding carboxylic acids is 1. The summed E-state index contributed by atoms with van der Waals surface area (Å²) in [6.07, 6.45) is 1.30. The fourth-order valence-corrected chi connectivity index (χ4v) is 5.46. The first-order valence-corrected chi connectivity index (χ1v) is 13.9. The molecule has 11 heteroatoms. The third-order valence-electron chi connectivity index (χ3n) is 4.72. The van der Waals surface area contributed by atoms with Crippen LogP contribution in [0.3, 0.4) is 0 Å². The van der Waals surface area contributed by atoms with Crippen LogP contribution in [0.4, 0.5) is 0 Å². The van der Waals surface area contributed by atoms with Gasteiger partial charge in [0.05, 0.1) is 23.9 Å². The maximum absolute atomic E-state index is 12.8. The number of nitrogens with one attached hydrogen (secondary N) is 1. The molecule has 0 radical (unpaired) electrons. The molecule has 3 aromatic rings. The Morgan fingerprint density at radius 2 is 1.64 bits per heavy atom. The lowest BCUT2D eigenvalue weighted by molar-refractivity contribution is 0.0954. The summed E-state index contributed by atoms with van der Waals surface area (Å²) in [4.78, 5) is 12.7. The number of nitrogens with zero attached hydrogens (tertiary/aromatic N) is 1. The lowest BCUT2D eigenvalue weighted by Crippen LogP contribution is -2.18. The number of aryl methyl sites for hydroxylation is 1. The lowest BCUT2D eigenvalue weighted by atomic mass is 10.2. The molecule has 0 aliphatic heterocycles. The number of halogens is 2. The van der Waals surface area contributed by atoms with E-state index in [2.05, 4.69) is 42.4 Å². The highest BCUT2D eigenvalue weighted by Gasteiger charge is 2.21. The van der Waals surface area contributed by atoms with Gasteiger partial charge in [0.15, 0.2) is 17.2 Å². The van der Waals surface area contributed by atoms with E-state index in [4.69, 9.17) is 13.7 Å². The lowest BCUT2D eigenvalue weighted by Gasteiger charge is -2.12. The second-order valence-electron chi connectivity index (χ2n) is 7.38. The molecule has 0 spiro atoms. The molecule has 0 aromatic heterocycles. The van der Waals surface area contributed by atoms with Crippen molar-refractivity contribution in [2.24, 2.45) is 5.10 Å². The van der Waals surface area contributed by atoms with Crippen LogP contribution in [0.5, 0.6) is 17.2 Å². The van der Waals surface area contributed by atoms with Crippen LogP contribution in [0.1, 0.15) is 35.3 Å². The molecule has 0 aliphatic rings. The van der Waals surface area contributed by atoms with E-state index in [0.29, 0.717) is 44.8 Å². The quantitative estimate of drug-likeness (QED) is 0.170. The molecule has 1 N–H and O–H groups in total. The van der Waals surface area contributed by atoms with Gasteiger partial charge in [-0.1, -0.05) is 33.6 Å². The van der Waals surface area contributed by atoms with Crippen LogP contribution in [0.15, 0.2) is 73.5 Å². The van der Waals surface area contributed by atoms with E-state index in [9.17, 15) is 13.2 Å². The Balaban J connectivity index is 1.83. The Hall–Kier alpha value is -2.89. The molecule has 0 atom stereocenters. The van der Waals surface area contributed by atoms with Crippen LogP contribution in [0.2, 0.25) is 0 Å². The van der Waals surface area contributed by atoms with Gasteiger partial charge in [0.25, 0.3) is 5.91 Å². The Bertz CT molecular complexity index is 1380. The van der Waals surface area contributed by atoms with Gasteiger partial charge >= 0.3 is 10.1 Å². The highest BCUT2D eigenvalue weighted by atomic mass is 79.9. The third-order valence-corrected chi connectivity index (χ3v) is 7.00. The topological polar surface area (TPSA) is 103 Å². The zero-order valence-corrected chi connectivity index (χ0v) is 23.7. The molecular formula is C25H24Br2N2O6S. The highest BCUT2D eigenvalue weighted by molar-refractivity contribution is 9.11. The van der Waals surface area contributed by atoms with Gasteiger partial charge in [0.2, 0.25) is 0 Å². The third kappa shape index (κ3) is 7.08. The first kappa shape index (κ1) is 27.7. The van der Waals surface area contributed by atoms with Crippen LogP contribution in [-0.4, -0.2) is 33.8 Å². The molecule has 0 saturated carbocycles. The number of amides is 1. The molecule has 0 heterocycles. The smallest absolute Gasteiger partial charge is 0.339 e. The number of rotatable bonds is 10. The van der Waals surface area contributed by atoms with E-state index in [-0.39, 0.29) is 10.6 Å². The summed E-state index contributed by atoms with van der Waals surface area (Å²) >= 11 is 6.71. The molecule has 190 valence electrons. The van der Waals surface area contributed by atoms with Gasteiger partial charge < -0.3 is 13.7 Å². The summed E-state index contributed by atoms with van der Waals surface area (Å²) in [7, 11) is -4.11. The number of ether oxygens (including phenoxy) is 2. The minimum atomic E-state index is -4.11. The zero-order valence-electron chi connectivity index (χ0n) is 19.7. The van der Waals surface area contributed by atoms with Gasteiger partial charge in [-0.2, -0.15) is 13.5 Å². The average molecular weight is 640 g/mol. The minimum absolute atomic E-state index is 0.0136. The van der Waals surface area contributed by atoms with E-state index in [0.717, 1.165) is 5.56 Å². The number of benzene rings is 3. The van der Waals surface area contributed by atoms with Crippen molar-refractivity contribution in [3.63, 3.8) is 0 Å². The largest absolute Gasteiger partial charge is 0.490 e. The molecule has 0 saturated heterocycles. The molecule has 0 aliphatic carbocycles. The Labute approximate surface area is 227 Å². The van der Waals surface area contributed by atoms with Gasteiger partial charge in [-0.05, 0) is 79.2 Å². The van der Waals surface area contributed by atoms with Crippen molar-refractivity contribution in [1.82, 2.24) is 5.43 Å². The molecule has 0 unspecified atom stereocenters. The fraction of sp³-hybridized carbons (Fsp3) is 0.200. The maximum Gasteiger partial charge on any atom is 0.339 e. The van der Waals surface area contributed by atoms with Crippen LogP contribution >= 0.6 is 31.9 Å². The first-order valence-electron chi connectivity index (χ1n) is 10.9. The van der Waals surface area contributed by atoms with Gasteiger partial charge in [-0.15, -0.1) is 0 Å². The van der Waals surface area contributed by atoms with E-state index >= 15 is 0 Å². The normalized spacial score (nSPS) is 11.4. The van der Waals surface area contributed by atoms with Crippen LogP contribution < -0.4 is 19.1 Å². The van der Waals surface area contributed by atoms with Gasteiger partial charge in [0.1, 0.15) is 4.90 Å². The van der Waals surface area contributed by atoms with E-state index in [1.54, 1.807) is 42.5 Å². The van der Waals surface area contributed by atoms with Crippen molar-refractivity contribution < 1.29 is 26.9 Å². The van der Waals surface area contributed by atoms with Crippen molar-refractivity contribution in [3.05, 3.63) is 80.2 Å². The summed E-state index contributed by atoms with van der Waals surface area (Å²) in [6, 6.07) is 14.4. The molecule has 1 amide bonds.